The summed E-state index contributed by atoms with van der Waals surface area (Å²) in [6, 6.07) is 2.79. The Morgan fingerprint density at radius 2 is 1.82 bits per heavy atom. The second kappa shape index (κ2) is 3.39. The van der Waals surface area contributed by atoms with Gasteiger partial charge in [0, 0.05) is 10.6 Å². The van der Waals surface area contributed by atoms with Crippen LogP contribution in [0, 0.1) is 5.82 Å². The molecule has 1 aromatic rings. The molecule has 0 unspecified atom stereocenters. The summed E-state index contributed by atoms with van der Waals surface area (Å²) in [6.45, 7) is -0.439. The maximum Gasteiger partial charge on any atom is 0.148 e. The van der Waals surface area contributed by atoms with Crippen molar-refractivity contribution in [2.75, 3.05) is 0 Å². The smallest absolute Gasteiger partial charge is 0.148 e. The second-order valence-electron chi connectivity index (χ2n) is 1.98. The van der Waals surface area contributed by atoms with Gasteiger partial charge >= 0.3 is 0 Å². The van der Waals surface area contributed by atoms with E-state index in [1.807, 2.05) is 0 Å². The lowest BCUT2D eigenvalue weighted by atomic mass is 10.2. The van der Waals surface area contributed by atoms with Gasteiger partial charge in [0.1, 0.15) is 5.82 Å². The molecule has 0 saturated heterocycles. The Balaban J connectivity index is 3.29. The SMILES string of the molecule is OCc1c(Cl)ccc(Cl)c1F. The molecule has 1 rings (SSSR count). The normalized spacial score (nSPS) is 10.2. The average Bonchev–Trinajstić information content (AvgIpc) is 1.99. The molecule has 0 heterocycles. The summed E-state index contributed by atoms with van der Waals surface area (Å²) in [5.74, 6) is -0.651. The van der Waals surface area contributed by atoms with E-state index >= 15 is 0 Å². The number of halogens is 3. The molecule has 0 aromatic heterocycles. The molecule has 0 spiro atoms. The quantitative estimate of drug-likeness (QED) is 0.682. The first-order valence-corrected chi connectivity index (χ1v) is 3.65. The van der Waals surface area contributed by atoms with E-state index in [2.05, 4.69) is 0 Å². The molecule has 1 nitrogen and oxygen atoms in total. The predicted octanol–water partition coefficient (Wildman–Crippen LogP) is 2.62. The lowest BCUT2D eigenvalue weighted by Crippen LogP contribution is -1.91. The minimum Gasteiger partial charge on any atom is -0.392 e. The maximum atomic E-state index is 12.9. The largest absolute Gasteiger partial charge is 0.392 e. The molecule has 11 heavy (non-hydrogen) atoms. The van der Waals surface area contributed by atoms with Gasteiger partial charge < -0.3 is 5.11 Å². The number of benzene rings is 1. The van der Waals surface area contributed by atoms with E-state index < -0.39 is 12.4 Å². The number of hydrogen-bond acceptors (Lipinski definition) is 1. The summed E-state index contributed by atoms with van der Waals surface area (Å²) in [5, 5.41) is 8.80. The molecule has 1 N–H and O–H groups in total. The van der Waals surface area contributed by atoms with Gasteiger partial charge in [0.25, 0.3) is 0 Å². The molecular weight excluding hydrogens is 190 g/mol. The Labute approximate surface area is 73.4 Å². The summed E-state index contributed by atoms with van der Waals surface area (Å²) in [5.41, 5.74) is 0.0409. The van der Waals surface area contributed by atoms with Crippen molar-refractivity contribution in [2.45, 2.75) is 6.61 Å². The fourth-order valence-electron chi connectivity index (χ4n) is 0.714. The number of hydrogen-bond donors (Lipinski definition) is 1. The van der Waals surface area contributed by atoms with Crippen LogP contribution < -0.4 is 0 Å². The number of rotatable bonds is 1. The van der Waals surface area contributed by atoms with Gasteiger partial charge in [0.05, 0.1) is 11.6 Å². The van der Waals surface area contributed by atoms with E-state index in [-0.39, 0.29) is 15.6 Å². The van der Waals surface area contributed by atoms with Crippen LogP contribution in [0.2, 0.25) is 10.0 Å². The van der Waals surface area contributed by atoms with Crippen LogP contribution in [0.15, 0.2) is 12.1 Å². The van der Waals surface area contributed by atoms with Crippen LogP contribution >= 0.6 is 23.2 Å². The highest BCUT2D eigenvalue weighted by molar-refractivity contribution is 6.33. The van der Waals surface area contributed by atoms with Gasteiger partial charge in [-0.05, 0) is 12.1 Å². The Hall–Kier alpha value is -0.310. The Morgan fingerprint density at radius 3 is 2.27 bits per heavy atom. The van der Waals surface area contributed by atoms with Crippen molar-refractivity contribution in [1.82, 2.24) is 0 Å². The molecule has 1 aromatic carbocycles. The van der Waals surface area contributed by atoms with Crippen molar-refractivity contribution < 1.29 is 9.50 Å². The van der Waals surface area contributed by atoms with Crippen LogP contribution in [0.5, 0.6) is 0 Å². The van der Waals surface area contributed by atoms with Crippen molar-refractivity contribution >= 4 is 23.2 Å². The second-order valence-corrected chi connectivity index (χ2v) is 2.79. The molecule has 0 aliphatic rings. The Morgan fingerprint density at radius 1 is 1.27 bits per heavy atom. The van der Waals surface area contributed by atoms with Crippen LogP contribution in [0.1, 0.15) is 5.56 Å². The molecule has 0 aliphatic carbocycles. The number of aliphatic hydroxyl groups excluding tert-OH is 1. The fraction of sp³-hybridized carbons (Fsp3) is 0.143. The van der Waals surface area contributed by atoms with E-state index in [1.54, 1.807) is 0 Å². The van der Waals surface area contributed by atoms with Crippen molar-refractivity contribution in [3.05, 3.63) is 33.6 Å². The summed E-state index contributed by atoms with van der Waals surface area (Å²) < 4.78 is 12.9. The molecule has 60 valence electrons. The van der Waals surface area contributed by atoms with Gasteiger partial charge in [0.15, 0.2) is 0 Å². The highest BCUT2D eigenvalue weighted by Crippen LogP contribution is 2.24. The predicted molar refractivity (Wildman–Crippen MR) is 42.3 cm³/mol. The lowest BCUT2D eigenvalue weighted by Gasteiger charge is -2.02. The molecule has 0 bridgehead atoms. The fourth-order valence-corrected chi connectivity index (χ4v) is 1.10. The van der Waals surface area contributed by atoms with Gasteiger partial charge in [0.2, 0.25) is 0 Å². The van der Waals surface area contributed by atoms with E-state index in [1.165, 1.54) is 12.1 Å². The van der Waals surface area contributed by atoms with Crippen LogP contribution in [0.4, 0.5) is 4.39 Å². The first-order chi connectivity index (χ1) is 5.16. The third-order valence-electron chi connectivity index (χ3n) is 1.30. The summed E-state index contributed by atoms with van der Waals surface area (Å²) >= 11 is 11.0. The van der Waals surface area contributed by atoms with Crippen molar-refractivity contribution in [1.29, 1.82) is 0 Å². The van der Waals surface area contributed by atoms with E-state index in [9.17, 15) is 4.39 Å². The van der Waals surface area contributed by atoms with Crippen LogP contribution in [0.3, 0.4) is 0 Å². The molecule has 0 radical (unpaired) electrons. The molecule has 4 heteroatoms. The van der Waals surface area contributed by atoms with Gasteiger partial charge in [-0.3, -0.25) is 0 Å². The molecule has 0 aliphatic heterocycles. The standard InChI is InChI=1S/C7H5Cl2FO/c8-5-1-2-6(9)7(10)4(5)3-11/h1-2,11H,3H2. The monoisotopic (exact) mass is 194 g/mol. The summed E-state index contributed by atoms with van der Waals surface area (Å²) in [7, 11) is 0. The third-order valence-corrected chi connectivity index (χ3v) is 1.94. The van der Waals surface area contributed by atoms with E-state index in [0.717, 1.165) is 0 Å². The highest BCUT2D eigenvalue weighted by atomic mass is 35.5. The zero-order valence-corrected chi connectivity index (χ0v) is 6.95. The van der Waals surface area contributed by atoms with Crippen molar-refractivity contribution in [3.8, 4) is 0 Å². The molecule has 0 atom stereocenters. The zero-order chi connectivity index (χ0) is 8.43. The first kappa shape index (κ1) is 8.78. The zero-order valence-electron chi connectivity index (χ0n) is 5.44. The van der Waals surface area contributed by atoms with E-state index in [4.69, 9.17) is 28.3 Å². The van der Waals surface area contributed by atoms with Gasteiger partial charge in [-0.1, -0.05) is 23.2 Å². The highest BCUT2D eigenvalue weighted by Gasteiger charge is 2.09. The van der Waals surface area contributed by atoms with Crippen LogP contribution in [-0.2, 0) is 6.61 Å². The minimum absolute atomic E-state index is 0.0292. The molecular formula is C7H5Cl2FO. The molecule has 0 amide bonds. The Bertz CT molecular complexity index is 275. The van der Waals surface area contributed by atoms with Crippen LogP contribution in [0.25, 0.3) is 0 Å². The van der Waals surface area contributed by atoms with Crippen molar-refractivity contribution in [2.24, 2.45) is 0 Å². The van der Waals surface area contributed by atoms with Gasteiger partial charge in [-0.15, -0.1) is 0 Å². The third kappa shape index (κ3) is 1.64. The van der Waals surface area contributed by atoms with Crippen LogP contribution in [-0.4, -0.2) is 5.11 Å². The average molecular weight is 195 g/mol. The molecule has 0 fully saturated rings. The first-order valence-electron chi connectivity index (χ1n) is 2.90. The van der Waals surface area contributed by atoms with Gasteiger partial charge in [-0.25, -0.2) is 4.39 Å². The maximum absolute atomic E-state index is 12.9. The Kier molecular flexibility index (Phi) is 2.71. The topological polar surface area (TPSA) is 20.2 Å². The van der Waals surface area contributed by atoms with Crippen molar-refractivity contribution in [3.63, 3.8) is 0 Å². The van der Waals surface area contributed by atoms with Gasteiger partial charge in [-0.2, -0.15) is 0 Å². The lowest BCUT2D eigenvalue weighted by molar-refractivity contribution is 0.276. The summed E-state index contributed by atoms with van der Waals surface area (Å²) in [6.07, 6.45) is 0. The number of aliphatic hydroxyl groups is 1. The molecule has 0 saturated carbocycles. The minimum atomic E-state index is -0.651. The van der Waals surface area contributed by atoms with E-state index in [0.29, 0.717) is 0 Å². The summed E-state index contributed by atoms with van der Waals surface area (Å²) in [4.78, 5) is 0.